The molecular weight excluding hydrogens is 440 g/mol. The van der Waals surface area contributed by atoms with E-state index in [4.69, 9.17) is 9.47 Å². The Labute approximate surface area is 197 Å². The van der Waals surface area contributed by atoms with Crippen molar-refractivity contribution in [3.8, 4) is 22.1 Å². The van der Waals surface area contributed by atoms with E-state index >= 15 is 0 Å². The number of ether oxygens (including phenoxy) is 2. The van der Waals surface area contributed by atoms with E-state index in [1.165, 1.54) is 11.3 Å². The number of hydrogen-bond donors (Lipinski definition) is 2. The fraction of sp³-hybridized carbons (Fsp3) is 0.292. The van der Waals surface area contributed by atoms with Crippen molar-refractivity contribution >= 4 is 28.8 Å². The minimum Gasteiger partial charge on any atom is -0.493 e. The quantitative estimate of drug-likeness (QED) is 0.499. The minimum absolute atomic E-state index is 0.0934. The van der Waals surface area contributed by atoms with Gasteiger partial charge in [0, 0.05) is 17.8 Å². The van der Waals surface area contributed by atoms with Gasteiger partial charge in [0.25, 0.3) is 5.91 Å². The van der Waals surface area contributed by atoms with E-state index in [1.807, 2.05) is 63.5 Å². The maximum Gasteiger partial charge on any atom is 0.263 e. The Morgan fingerprint density at radius 2 is 1.82 bits per heavy atom. The van der Waals surface area contributed by atoms with Gasteiger partial charge >= 0.3 is 0 Å². The number of nitrogens with zero attached hydrogens (tertiary/aromatic N) is 2. The lowest BCUT2D eigenvalue weighted by Gasteiger charge is -2.11. The van der Waals surface area contributed by atoms with Gasteiger partial charge in [-0.05, 0) is 56.9 Å². The molecule has 1 aromatic heterocycles. The number of thiazole rings is 1. The highest BCUT2D eigenvalue weighted by Gasteiger charge is 2.17. The summed E-state index contributed by atoms with van der Waals surface area (Å²) in [6.45, 7) is 2.45. The van der Waals surface area contributed by atoms with Crippen LogP contribution in [0.1, 0.15) is 20.9 Å². The Hall–Kier alpha value is -3.43. The number of anilines is 1. The summed E-state index contributed by atoms with van der Waals surface area (Å²) in [7, 11) is 6.84. The van der Waals surface area contributed by atoms with Gasteiger partial charge in [-0.25, -0.2) is 4.98 Å². The van der Waals surface area contributed by atoms with Gasteiger partial charge in [0.15, 0.2) is 11.5 Å². The van der Waals surface area contributed by atoms with Crippen LogP contribution in [0, 0.1) is 6.92 Å². The van der Waals surface area contributed by atoms with Crippen LogP contribution in [0.4, 0.5) is 5.69 Å². The van der Waals surface area contributed by atoms with Gasteiger partial charge in [0.1, 0.15) is 9.88 Å². The lowest BCUT2D eigenvalue weighted by molar-refractivity contribution is -0.116. The molecule has 3 rings (SSSR count). The van der Waals surface area contributed by atoms with E-state index in [-0.39, 0.29) is 11.8 Å². The SMILES string of the molecule is COc1ccc(-c2nc(C)c(C(=O)NCc3cccc(NC(=O)CN(C)C)c3)s2)cc1OC. The molecule has 8 nitrogen and oxygen atoms in total. The summed E-state index contributed by atoms with van der Waals surface area (Å²) >= 11 is 1.32. The largest absolute Gasteiger partial charge is 0.493 e. The highest BCUT2D eigenvalue weighted by Crippen LogP contribution is 2.35. The number of methoxy groups -OCH3 is 2. The van der Waals surface area contributed by atoms with Gasteiger partial charge in [-0.3, -0.25) is 9.59 Å². The van der Waals surface area contributed by atoms with E-state index in [0.29, 0.717) is 40.8 Å². The summed E-state index contributed by atoms with van der Waals surface area (Å²) in [6.07, 6.45) is 0. The van der Waals surface area contributed by atoms with Crippen LogP contribution < -0.4 is 20.1 Å². The fourth-order valence-corrected chi connectivity index (χ4v) is 4.19. The molecule has 0 bridgehead atoms. The molecule has 9 heteroatoms. The molecule has 3 aromatic rings. The predicted molar refractivity (Wildman–Crippen MR) is 130 cm³/mol. The number of nitrogens with one attached hydrogen (secondary N) is 2. The molecule has 0 atom stereocenters. The first kappa shape index (κ1) is 24.2. The lowest BCUT2D eigenvalue weighted by atomic mass is 10.2. The van der Waals surface area contributed by atoms with Crippen molar-refractivity contribution in [2.45, 2.75) is 13.5 Å². The maximum absolute atomic E-state index is 12.8. The summed E-state index contributed by atoms with van der Waals surface area (Å²) < 4.78 is 10.6. The number of likely N-dealkylation sites (N-methyl/N-ethyl adjacent to an activating group) is 1. The third-order valence-electron chi connectivity index (χ3n) is 4.76. The molecule has 0 fully saturated rings. The predicted octanol–water partition coefficient (Wildman–Crippen LogP) is 3.57. The zero-order valence-electron chi connectivity index (χ0n) is 19.4. The average molecular weight is 469 g/mol. The third kappa shape index (κ3) is 6.30. The van der Waals surface area contributed by atoms with Crippen LogP contribution in [0.25, 0.3) is 10.6 Å². The van der Waals surface area contributed by atoms with E-state index < -0.39 is 0 Å². The molecule has 0 spiro atoms. The second-order valence-corrected chi connectivity index (χ2v) is 8.67. The second kappa shape index (κ2) is 10.9. The first-order chi connectivity index (χ1) is 15.8. The molecule has 2 N–H and O–H groups in total. The summed E-state index contributed by atoms with van der Waals surface area (Å²) in [5, 5.41) is 6.53. The molecule has 1 heterocycles. The molecular formula is C24H28N4O4S. The smallest absolute Gasteiger partial charge is 0.263 e. The number of carbonyl (C=O) groups excluding carboxylic acids is 2. The number of benzene rings is 2. The van der Waals surface area contributed by atoms with E-state index in [0.717, 1.165) is 16.1 Å². The number of carbonyl (C=O) groups is 2. The molecule has 0 saturated carbocycles. The molecule has 0 aliphatic heterocycles. The lowest BCUT2D eigenvalue weighted by Crippen LogP contribution is -2.27. The molecule has 2 aromatic carbocycles. The van der Waals surface area contributed by atoms with Crippen LogP contribution in [-0.4, -0.2) is 56.6 Å². The maximum atomic E-state index is 12.8. The Kier molecular flexibility index (Phi) is 8.02. The number of aromatic nitrogens is 1. The molecule has 174 valence electrons. The van der Waals surface area contributed by atoms with Gasteiger partial charge < -0.3 is 25.0 Å². The van der Waals surface area contributed by atoms with Crippen LogP contribution in [0.3, 0.4) is 0 Å². The molecule has 33 heavy (non-hydrogen) atoms. The van der Waals surface area contributed by atoms with Gasteiger partial charge in [0.2, 0.25) is 5.91 Å². The standard InChI is InChI=1S/C24H28N4O4S/c1-15-22(33-24(26-15)17-9-10-19(31-4)20(12-17)32-5)23(30)25-13-16-7-6-8-18(11-16)27-21(29)14-28(2)3/h6-12H,13-14H2,1-5H3,(H,25,30)(H,27,29). The minimum atomic E-state index is -0.196. The van der Waals surface area contributed by atoms with Gasteiger partial charge in [-0.2, -0.15) is 0 Å². The number of hydrogen-bond acceptors (Lipinski definition) is 7. The molecule has 0 aliphatic rings. The van der Waals surface area contributed by atoms with Crippen molar-refractivity contribution in [2.75, 3.05) is 40.2 Å². The summed E-state index contributed by atoms with van der Waals surface area (Å²) in [5.74, 6) is 0.946. The van der Waals surface area contributed by atoms with Crippen molar-refractivity contribution in [2.24, 2.45) is 0 Å². The van der Waals surface area contributed by atoms with Crippen molar-refractivity contribution in [1.29, 1.82) is 0 Å². The van der Waals surface area contributed by atoms with Crippen molar-refractivity contribution < 1.29 is 19.1 Å². The van der Waals surface area contributed by atoms with E-state index in [9.17, 15) is 9.59 Å². The Morgan fingerprint density at radius 3 is 2.52 bits per heavy atom. The zero-order chi connectivity index (χ0) is 24.0. The van der Waals surface area contributed by atoms with Crippen LogP contribution in [0.2, 0.25) is 0 Å². The molecule has 0 unspecified atom stereocenters. The molecule has 2 amide bonds. The summed E-state index contributed by atoms with van der Waals surface area (Å²) in [5.41, 5.74) is 3.08. The average Bonchev–Trinajstić information content (AvgIpc) is 3.18. The number of amides is 2. The van der Waals surface area contributed by atoms with Crippen LogP contribution in [0.15, 0.2) is 42.5 Å². The summed E-state index contributed by atoms with van der Waals surface area (Å²) in [4.78, 5) is 31.7. The first-order valence-corrected chi connectivity index (χ1v) is 11.1. The van der Waals surface area contributed by atoms with Crippen molar-refractivity contribution in [3.05, 3.63) is 58.6 Å². The Morgan fingerprint density at radius 1 is 1.06 bits per heavy atom. The number of aryl methyl sites for hydroxylation is 1. The molecule has 0 aliphatic carbocycles. The zero-order valence-corrected chi connectivity index (χ0v) is 20.2. The van der Waals surface area contributed by atoms with Crippen LogP contribution in [-0.2, 0) is 11.3 Å². The van der Waals surface area contributed by atoms with Crippen LogP contribution in [0.5, 0.6) is 11.5 Å². The second-order valence-electron chi connectivity index (χ2n) is 7.67. The van der Waals surface area contributed by atoms with E-state index in [1.54, 1.807) is 19.1 Å². The highest BCUT2D eigenvalue weighted by molar-refractivity contribution is 7.17. The summed E-state index contributed by atoms with van der Waals surface area (Å²) in [6, 6.07) is 13.0. The number of rotatable bonds is 9. The molecule has 0 radical (unpaired) electrons. The monoisotopic (exact) mass is 468 g/mol. The normalized spacial score (nSPS) is 10.7. The molecule has 0 saturated heterocycles. The third-order valence-corrected chi connectivity index (χ3v) is 5.96. The van der Waals surface area contributed by atoms with Gasteiger partial charge in [-0.15, -0.1) is 11.3 Å². The first-order valence-electron chi connectivity index (χ1n) is 10.3. The van der Waals surface area contributed by atoms with E-state index in [2.05, 4.69) is 15.6 Å². The highest BCUT2D eigenvalue weighted by atomic mass is 32.1. The Balaban J connectivity index is 1.68. The topological polar surface area (TPSA) is 92.8 Å². The fourth-order valence-electron chi connectivity index (χ4n) is 3.21. The van der Waals surface area contributed by atoms with Gasteiger partial charge in [-0.1, -0.05) is 12.1 Å². The Bertz CT molecular complexity index is 1140. The van der Waals surface area contributed by atoms with Crippen molar-refractivity contribution in [3.63, 3.8) is 0 Å². The van der Waals surface area contributed by atoms with Gasteiger partial charge in [0.05, 0.1) is 26.5 Å². The van der Waals surface area contributed by atoms with Crippen LogP contribution >= 0.6 is 11.3 Å². The van der Waals surface area contributed by atoms with Crippen molar-refractivity contribution in [1.82, 2.24) is 15.2 Å².